The molecule has 7 nitrogen and oxygen atoms in total. The molecule has 0 fully saturated rings. The number of carbonyl (C=O) groups excluding carboxylic acids is 2. The Hall–Kier alpha value is -2.31. The first-order valence-electron chi connectivity index (χ1n) is 8.14. The molecule has 0 amide bonds. The third kappa shape index (κ3) is 7.80. The Morgan fingerprint density at radius 1 is 1.33 bits per heavy atom. The van der Waals surface area contributed by atoms with Gasteiger partial charge in [0.15, 0.2) is 12.4 Å². The van der Waals surface area contributed by atoms with Gasteiger partial charge in [0.2, 0.25) is 0 Å². The first-order chi connectivity index (χ1) is 11.4. The summed E-state index contributed by atoms with van der Waals surface area (Å²) in [4.78, 5) is 34.4. The summed E-state index contributed by atoms with van der Waals surface area (Å²) in [7, 11) is 0. The molecule has 1 rings (SSSR count). The van der Waals surface area contributed by atoms with Crippen molar-refractivity contribution in [2.24, 2.45) is 0 Å². The number of carbonyl (C=O) groups is 2. The molecule has 0 radical (unpaired) electrons. The fourth-order valence-electron chi connectivity index (χ4n) is 2.06. The van der Waals surface area contributed by atoms with Crippen LogP contribution in [0.25, 0.3) is 0 Å². The van der Waals surface area contributed by atoms with Gasteiger partial charge in [-0.3, -0.25) is 9.59 Å². The van der Waals surface area contributed by atoms with Crippen LogP contribution in [0.5, 0.6) is 0 Å². The van der Waals surface area contributed by atoms with Crippen molar-refractivity contribution in [3.8, 4) is 0 Å². The fraction of sp³-hybridized carbons (Fsp3) is 0.588. The molecule has 1 atom stereocenters. The van der Waals surface area contributed by atoms with Crippen LogP contribution in [0.2, 0.25) is 0 Å². The average Bonchev–Trinajstić information content (AvgIpc) is 2.94. The second-order valence-electron chi connectivity index (χ2n) is 5.69. The van der Waals surface area contributed by atoms with Gasteiger partial charge in [-0.1, -0.05) is 32.8 Å². The summed E-state index contributed by atoms with van der Waals surface area (Å²) >= 11 is 0. The second kappa shape index (κ2) is 10.5. The quantitative estimate of drug-likeness (QED) is 0.378. The number of aromatic nitrogens is 1. The molecule has 1 N–H and O–H groups in total. The normalized spacial score (nSPS) is 11.8. The predicted molar refractivity (Wildman–Crippen MR) is 87.2 cm³/mol. The van der Waals surface area contributed by atoms with Crippen molar-refractivity contribution >= 4 is 11.9 Å². The van der Waals surface area contributed by atoms with Crippen LogP contribution in [0.4, 0.5) is 0 Å². The maximum absolute atomic E-state index is 11.8. The Balaban J connectivity index is 2.25. The van der Waals surface area contributed by atoms with Crippen molar-refractivity contribution in [2.45, 2.75) is 65.1 Å². The van der Waals surface area contributed by atoms with Crippen LogP contribution in [-0.2, 0) is 25.7 Å². The van der Waals surface area contributed by atoms with E-state index in [9.17, 15) is 14.4 Å². The van der Waals surface area contributed by atoms with E-state index in [4.69, 9.17) is 14.0 Å². The highest BCUT2D eigenvalue weighted by Gasteiger charge is 2.17. The lowest BCUT2D eigenvalue weighted by molar-refractivity contribution is -0.150. The second-order valence-corrected chi connectivity index (χ2v) is 5.69. The molecule has 0 spiro atoms. The predicted octanol–water partition coefficient (Wildman–Crippen LogP) is 2.86. The number of nitrogens with one attached hydrogen (secondary N) is 1. The summed E-state index contributed by atoms with van der Waals surface area (Å²) in [5.74, 6) is -1.05. The lowest BCUT2D eigenvalue weighted by atomic mass is 10.1. The number of aromatic amines is 1. The van der Waals surface area contributed by atoms with Crippen molar-refractivity contribution in [1.29, 1.82) is 0 Å². The molecule has 24 heavy (non-hydrogen) atoms. The van der Waals surface area contributed by atoms with E-state index >= 15 is 0 Å². The molecule has 134 valence electrons. The van der Waals surface area contributed by atoms with E-state index in [0.29, 0.717) is 0 Å². The minimum atomic E-state index is -0.730. The Bertz CT molecular complexity index is 600. The Kier molecular flexibility index (Phi) is 8.60. The van der Waals surface area contributed by atoms with E-state index in [1.807, 2.05) is 6.92 Å². The van der Waals surface area contributed by atoms with E-state index in [-0.39, 0.29) is 30.5 Å². The Morgan fingerprint density at radius 2 is 2.08 bits per heavy atom. The van der Waals surface area contributed by atoms with Gasteiger partial charge in [-0.25, -0.2) is 4.79 Å². The minimum absolute atomic E-state index is 0.00364. The summed E-state index contributed by atoms with van der Waals surface area (Å²) in [6.07, 6.45) is 4.84. The van der Waals surface area contributed by atoms with E-state index < -0.39 is 17.5 Å². The van der Waals surface area contributed by atoms with Crippen LogP contribution in [0.15, 0.2) is 27.5 Å². The molecule has 0 aromatic carbocycles. The Morgan fingerprint density at radius 3 is 2.71 bits per heavy atom. The maximum Gasteiger partial charge on any atom is 0.334 e. The van der Waals surface area contributed by atoms with E-state index in [2.05, 4.69) is 18.7 Å². The minimum Gasteiger partial charge on any atom is -0.462 e. The van der Waals surface area contributed by atoms with Crippen LogP contribution < -0.4 is 5.56 Å². The van der Waals surface area contributed by atoms with Crippen molar-refractivity contribution in [1.82, 2.24) is 5.16 Å². The Labute approximate surface area is 141 Å². The van der Waals surface area contributed by atoms with Gasteiger partial charge in [0.25, 0.3) is 5.56 Å². The summed E-state index contributed by atoms with van der Waals surface area (Å²) in [6, 6.07) is 1.17. The molecule has 1 heterocycles. The lowest BCUT2D eigenvalue weighted by Gasteiger charge is -2.13. The molecule has 0 unspecified atom stereocenters. The van der Waals surface area contributed by atoms with Crippen LogP contribution in [0, 0.1) is 0 Å². The monoisotopic (exact) mass is 339 g/mol. The van der Waals surface area contributed by atoms with E-state index in [1.54, 1.807) is 0 Å². The lowest BCUT2D eigenvalue weighted by Crippen LogP contribution is -2.17. The molecule has 0 aliphatic carbocycles. The number of H-pyrrole nitrogens is 1. The van der Waals surface area contributed by atoms with Gasteiger partial charge in [0, 0.05) is 5.57 Å². The number of esters is 2. The van der Waals surface area contributed by atoms with Crippen LogP contribution in [0.1, 0.15) is 58.1 Å². The number of hydrogen-bond acceptors (Lipinski definition) is 6. The maximum atomic E-state index is 11.8. The zero-order valence-corrected chi connectivity index (χ0v) is 14.3. The first-order valence-corrected chi connectivity index (χ1v) is 8.14. The van der Waals surface area contributed by atoms with Crippen molar-refractivity contribution < 1.29 is 23.6 Å². The largest absolute Gasteiger partial charge is 0.462 e. The molecular formula is C17H25NO6. The zero-order chi connectivity index (χ0) is 17.9. The number of hydrogen-bond donors (Lipinski definition) is 1. The molecule has 0 aliphatic rings. The summed E-state index contributed by atoms with van der Waals surface area (Å²) in [5, 5.41) is 2.08. The number of rotatable bonds is 11. The van der Waals surface area contributed by atoms with Crippen molar-refractivity contribution in [2.75, 3.05) is 0 Å². The molecule has 0 saturated heterocycles. The van der Waals surface area contributed by atoms with Crippen LogP contribution >= 0.6 is 0 Å². The number of ether oxygens (including phenoxy) is 2. The van der Waals surface area contributed by atoms with Gasteiger partial charge in [-0.05, 0) is 19.8 Å². The molecule has 1 aromatic rings. The average molecular weight is 339 g/mol. The highest BCUT2D eigenvalue weighted by molar-refractivity contribution is 5.93. The van der Waals surface area contributed by atoms with Crippen LogP contribution in [-0.4, -0.2) is 23.2 Å². The van der Waals surface area contributed by atoms with Gasteiger partial charge in [0.1, 0.15) is 0 Å². The first kappa shape index (κ1) is 19.7. The van der Waals surface area contributed by atoms with Gasteiger partial charge >= 0.3 is 11.9 Å². The standard InChI is InChI=1S/C17H25NO6/c1-4-5-6-7-8-13(3)23-16(20)9-12(2)17(21)22-11-14-10-15(19)18-24-14/h10,13H,2,4-9,11H2,1,3H3,(H,18,19)/t13-/m1/s1. The van der Waals surface area contributed by atoms with Crippen molar-refractivity contribution in [3.05, 3.63) is 34.3 Å². The van der Waals surface area contributed by atoms with Gasteiger partial charge in [-0.15, -0.1) is 0 Å². The summed E-state index contributed by atoms with van der Waals surface area (Å²) in [6.45, 7) is 7.29. The summed E-state index contributed by atoms with van der Waals surface area (Å²) < 4.78 is 14.9. The van der Waals surface area contributed by atoms with Crippen LogP contribution in [0.3, 0.4) is 0 Å². The van der Waals surface area contributed by atoms with E-state index in [0.717, 1.165) is 25.7 Å². The topological polar surface area (TPSA) is 98.6 Å². The fourth-order valence-corrected chi connectivity index (χ4v) is 2.06. The number of unbranched alkanes of at least 4 members (excludes halogenated alkanes) is 3. The molecule has 0 bridgehead atoms. The van der Waals surface area contributed by atoms with Crippen molar-refractivity contribution in [3.63, 3.8) is 0 Å². The molecule has 0 saturated carbocycles. The molecule has 0 aliphatic heterocycles. The van der Waals surface area contributed by atoms with Gasteiger partial charge in [0.05, 0.1) is 18.6 Å². The summed E-state index contributed by atoms with van der Waals surface area (Å²) in [5.41, 5.74) is -0.424. The highest BCUT2D eigenvalue weighted by atomic mass is 16.6. The highest BCUT2D eigenvalue weighted by Crippen LogP contribution is 2.11. The molecule has 7 heteroatoms. The molecule has 1 aromatic heterocycles. The molecular weight excluding hydrogens is 314 g/mol. The van der Waals surface area contributed by atoms with Gasteiger partial charge in [-0.2, -0.15) is 5.16 Å². The SMILES string of the molecule is C=C(CC(=O)O[C@H](C)CCCCCC)C(=O)OCc1cc(=O)[nH]o1. The third-order valence-electron chi connectivity index (χ3n) is 3.36. The smallest absolute Gasteiger partial charge is 0.334 e. The zero-order valence-electron chi connectivity index (χ0n) is 14.3. The third-order valence-corrected chi connectivity index (χ3v) is 3.36. The van der Waals surface area contributed by atoms with Gasteiger partial charge < -0.3 is 14.0 Å². The van der Waals surface area contributed by atoms with E-state index in [1.165, 1.54) is 12.5 Å².